The van der Waals surface area contributed by atoms with Crippen molar-refractivity contribution >= 4 is 45.1 Å². The zero-order valence-electron chi connectivity index (χ0n) is 23.7. The Labute approximate surface area is 233 Å². The Morgan fingerprint density at radius 2 is 1.54 bits per heavy atom. The summed E-state index contributed by atoms with van der Waals surface area (Å²) in [5.41, 5.74) is 3.79. The van der Waals surface area contributed by atoms with E-state index in [2.05, 4.69) is 93.8 Å². The molecule has 2 heterocycles. The van der Waals surface area contributed by atoms with Gasteiger partial charge in [0.05, 0.1) is 29.5 Å². The topological polar surface area (TPSA) is 60.7 Å². The van der Waals surface area contributed by atoms with Crippen LogP contribution in [0.4, 0.5) is 0 Å². The van der Waals surface area contributed by atoms with Crippen molar-refractivity contribution in [1.82, 2.24) is 4.57 Å². The monoisotopic (exact) mass is 558 g/mol. The Morgan fingerprint density at radius 3 is 2.05 bits per heavy atom. The standard InChI is InChI=1S/C32H38N2O3SSi/c1-23(2)31-29-20-24-19-25(30(38(6,35)36)21-28(24)34(29)18-17-33-31)22-37-39(32(3,4)5,26-13-9-7-10-14-26)27-15-11-8-12-16-27/h7-16,19-21,23H,17-18,22H2,1-6H3. The first-order valence-electron chi connectivity index (χ1n) is 13.6. The van der Waals surface area contributed by atoms with Crippen LogP contribution in [0.1, 0.15) is 45.9 Å². The van der Waals surface area contributed by atoms with Crippen LogP contribution in [0.5, 0.6) is 0 Å². The molecule has 0 N–H and O–H groups in total. The third kappa shape index (κ3) is 4.92. The molecule has 5 rings (SSSR count). The van der Waals surface area contributed by atoms with Gasteiger partial charge in [0.1, 0.15) is 0 Å². The van der Waals surface area contributed by atoms with Crippen LogP contribution in [0, 0.1) is 5.92 Å². The van der Waals surface area contributed by atoms with Crippen LogP contribution in [0.3, 0.4) is 0 Å². The van der Waals surface area contributed by atoms with Gasteiger partial charge in [-0.05, 0) is 45.1 Å². The molecule has 0 amide bonds. The molecule has 0 aliphatic carbocycles. The van der Waals surface area contributed by atoms with Gasteiger partial charge in [0.2, 0.25) is 0 Å². The summed E-state index contributed by atoms with van der Waals surface area (Å²) >= 11 is 0. The number of rotatable bonds is 7. The number of hydrogen-bond donors (Lipinski definition) is 0. The summed E-state index contributed by atoms with van der Waals surface area (Å²) in [5, 5.41) is 3.16. The number of benzene rings is 3. The van der Waals surface area contributed by atoms with Gasteiger partial charge in [-0.3, -0.25) is 4.99 Å². The molecule has 1 aliphatic heterocycles. The molecule has 1 aliphatic rings. The van der Waals surface area contributed by atoms with Crippen molar-refractivity contribution < 1.29 is 12.8 Å². The van der Waals surface area contributed by atoms with Gasteiger partial charge in [0.25, 0.3) is 8.32 Å². The quantitative estimate of drug-likeness (QED) is 0.278. The molecule has 0 atom stereocenters. The zero-order chi connectivity index (χ0) is 28.0. The molecule has 39 heavy (non-hydrogen) atoms. The lowest BCUT2D eigenvalue weighted by atomic mass is 10.0. The number of aromatic nitrogens is 1. The lowest BCUT2D eigenvalue weighted by Crippen LogP contribution is -2.66. The fourth-order valence-electron chi connectivity index (χ4n) is 6.03. The summed E-state index contributed by atoms with van der Waals surface area (Å²) in [6.45, 7) is 12.6. The minimum atomic E-state index is -3.50. The van der Waals surface area contributed by atoms with E-state index in [0.717, 1.165) is 28.9 Å². The van der Waals surface area contributed by atoms with Crippen LogP contribution >= 0.6 is 0 Å². The molecule has 1 aromatic heterocycles. The second kappa shape index (κ2) is 10.2. The van der Waals surface area contributed by atoms with Crippen molar-refractivity contribution in [3.8, 4) is 0 Å². The first-order chi connectivity index (χ1) is 18.4. The SMILES string of the molecule is CC(C)C1=NCCn2c1cc1cc(CO[Si](c3ccccc3)(c3ccccc3)C(C)(C)C)c(S(C)(=O)=O)cc12. The summed E-state index contributed by atoms with van der Waals surface area (Å²) in [5.74, 6) is 0.292. The largest absolute Gasteiger partial charge is 0.403 e. The molecule has 0 unspecified atom stereocenters. The van der Waals surface area contributed by atoms with Crippen molar-refractivity contribution in [3.05, 3.63) is 90.1 Å². The molecule has 5 nitrogen and oxygen atoms in total. The van der Waals surface area contributed by atoms with E-state index >= 15 is 0 Å². The maximum atomic E-state index is 13.1. The van der Waals surface area contributed by atoms with E-state index in [1.54, 1.807) is 0 Å². The average molecular weight is 559 g/mol. The fourth-order valence-corrected chi connectivity index (χ4v) is 11.5. The predicted molar refractivity (Wildman–Crippen MR) is 164 cm³/mol. The number of aliphatic imine (C=N–C) groups is 1. The molecule has 0 spiro atoms. The van der Waals surface area contributed by atoms with Crippen molar-refractivity contribution in [2.24, 2.45) is 10.9 Å². The van der Waals surface area contributed by atoms with Crippen molar-refractivity contribution in [3.63, 3.8) is 0 Å². The highest BCUT2D eigenvalue weighted by atomic mass is 32.2. The summed E-state index contributed by atoms with van der Waals surface area (Å²) in [4.78, 5) is 5.12. The number of fused-ring (bicyclic) bond motifs is 3. The highest BCUT2D eigenvalue weighted by molar-refractivity contribution is 7.90. The van der Waals surface area contributed by atoms with E-state index in [1.807, 2.05) is 24.3 Å². The average Bonchev–Trinajstić information content (AvgIpc) is 3.26. The van der Waals surface area contributed by atoms with Crippen molar-refractivity contribution in [2.75, 3.05) is 12.8 Å². The van der Waals surface area contributed by atoms with E-state index in [1.165, 1.54) is 16.6 Å². The molecule has 4 aromatic rings. The van der Waals surface area contributed by atoms with Gasteiger partial charge < -0.3 is 8.99 Å². The summed E-state index contributed by atoms with van der Waals surface area (Å²) in [6, 6.07) is 26.9. The molecule has 0 saturated carbocycles. The molecule has 0 bridgehead atoms. The van der Waals surface area contributed by atoms with E-state index in [9.17, 15) is 8.42 Å². The van der Waals surface area contributed by atoms with E-state index in [-0.39, 0.29) is 11.6 Å². The molecule has 0 saturated heterocycles. The lowest BCUT2D eigenvalue weighted by Gasteiger charge is -2.43. The van der Waals surface area contributed by atoms with Crippen LogP contribution in [0.15, 0.2) is 88.8 Å². The second-order valence-electron chi connectivity index (χ2n) is 11.8. The highest BCUT2D eigenvalue weighted by Gasteiger charge is 2.50. The maximum absolute atomic E-state index is 13.1. The Morgan fingerprint density at radius 1 is 0.949 bits per heavy atom. The Kier molecular flexibility index (Phi) is 7.20. The number of hydrogen-bond acceptors (Lipinski definition) is 4. The minimum absolute atomic E-state index is 0.205. The maximum Gasteiger partial charge on any atom is 0.261 e. The van der Waals surface area contributed by atoms with Crippen LogP contribution in [-0.4, -0.2) is 39.8 Å². The van der Waals surface area contributed by atoms with Gasteiger partial charge in [0, 0.05) is 23.7 Å². The van der Waals surface area contributed by atoms with Gasteiger partial charge in [0.15, 0.2) is 9.84 Å². The normalized spacial score (nSPS) is 14.5. The molecule has 3 aromatic carbocycles. The van der Waals surface area contributed by atoms with Gasteiger partial charge >= 0.3 is 0 Å². The van der Waals surface area contributed by atoms with E-state index in [0.29, 0.717) is 22.9 Å². The van der Waals surface area contributed by atoms with E-state index < -0.39 is 18.2 Å². The number of nitrogens with zero attached hydrogens (tertiary/aromatic N) is 2. The highest BCUT2D eigenvalue weighted by Crippen LogP contribution is 2.38. The molecular weight excluding hydrogens is 521 g/mol. The Balaban J connectivity index is 1.67. The molecule has 0 radical (unpaired) electrons. The molecule has 0 fully saturated rings. The first kappa shape index (κ1) is 27.6. The van der Waals surface area contributed by atoms with Gasteiger partial charge in [-0.1, -0.05) is 95.3 Å². The first-order valence-corrected chi connectivity index (χ1v) is 17.4. The third-order valence-corrected chi connectivity index (χ3v) is 13.9. The second-order valence-corrected chi connectivity index (χ2v) is 18.1. The third-order valence-electron chi connectivity index (χ3n) is 7.76. The Bertz CT molecular complexity index is 1590. The predicted octanol–water partition coefficient (Wildman–Crippen LogP) is 5.58. The van der Waals surface area contributed by atoms with Gasteiger partial charge in [-0.15, -0.1) is 0 Å². The van der Waals surface area contributed by atoms with Gasteiger partial charge in [-0.2, -0.15) is 0 Å². The molecular formula is C32H38N2O3SSi. The van der Waals surface area contributed by atoms with Crippen LogP contribution in [0.2, 0.25) is 5.04 Å². The number of sulfone groups is 1. The smallest absolute Gasteiger partial charge is 0.261 e. The molecule has 7 heteroatoms. The van der Waals surface area contributed by atoms with Crippen molar-refractivity contribution in [2.45, 2.75) is 57.7 Å². The van der Waals surface area contributed by atoms with Crippen LogP contribution < -0.4 is 10.4 Å². The minimum Gasteiger partial charge on any atom is -0.403 e. The van der Waals surface area contributed by atoms with Crippen LogP contribution in [-0.2, 0) is 27.4 Å². The summed E-state index contributed by atoms with van der Waals surface area (Å²) in [7, 11) is -6.34. The summed E-state index contributed by atoms with van der Waals surface area (Å²) < 4.78 is 35.7. The Hall–Kier alpha value is -3.00. The molecule has 204 valence electrons. The fraction of sp³-hybridized carbons (Fsp3) is 0.344. The van der Waals surface area contributed by atoms with E-state index in [4.69, 9.17) is 9.42 Å². The van der Waals surface area contributed by atoms with Gasteiger partial charge in [-0.25, -0.2) is 8.42 Å². The summed E-state index contributed by atoms with van der Waals surface area (Å²) in [6.07, 6.45) is 1.29. The van der Waals surface area contributed by atoms with Crippen molar-refractivity contribution in [1.29, 1.82) is 0 Å². The van der Waals surface area contributed by atoms with Crippen LogP contribution in [0.25, 0.3) is 10.9 Å². The zero-order valence-corrected chi connectivity index (χ0v) is 25.5. The lowest BCUT2D eigenvalue weighted by molar-refractivity contribution is 0.283.